The Morgan fingerprint density at radius 1 is 1.29 bits per heavy atom. The molecule has 1 amide bonds. The molecule has 24 heavy (non-hydrogen) atoms. The Hall–Kier alpha value is -2.28. The van der Waals surface area contributed by atoms with Crippen LogP contribution in [0.3, 0.4) is 0 Å². The average Bonchev–Trinajstić information content (AvgIpc) is 2.98. The van der Waals surface area contributed by atoms with Crippen LogP contribution in [0.5, 0.6) is 5.75 Å². The highest BCUT2D eigenvalue weighted by atomic mass is 79.9. The second-order valence-corrected chi connectivity index (χ2v) is 5.91. The van der Waals surface area contributed by atoms with Gasteiger partial charge in [0.15, 0.2) is 10.4 Å². The number of nitrogens with one attached hydrogen (secondary N) is 1. The summed E-state index contributed by atoms with van der Waals surface area (Å²) >= 11 is 3.15. The van der Waals surface area contributed by atoms with Crippen molar-refractivity contribution in [3.63, 3.8) is 0 Å². The fraction of sp³-hybridized carbons (Fsp3) is 0.294. The first kappa shape index (κ1) is 18.1. The van der Waals surface area contributed by atoms with Crippen molar-refractivity contribution in [2.24, 2.45) is 0 Å². The zero-order valence-electron chi connectivity index (χ0n) is 13.2. The molecular weight excluding hydrogens is 378 g/mol. The Kier molecular flexibility index (Phi) is 6.43. The fourth-order valence-electron chi connectivity index (χ4n) is 2.04. The molecule has 0 saturated carbocycles. The van der Waals surface area contributed by atoms with Gasteiger partial charge >= 0.3 is 5.97 Å². The van der Waals surface area contributed by atoms with Gasteiger partial charge in [0.1, 0.15) is 5.75 Å². The molecule has 0 spiro atoms. The minimum absolute atomic E-state index is 0.0215. The number of hydrogen-bond donors (Lipinski definition) is 2. The molecule has 1 aromatic heterocycles. The van der Waals surface area contributed by atoms with Gasteiger partial charge in [0.05, 0.1) is 12.3 Å². The number of rotatable bonds is 8. The molecule has 0 atom stereocenters. The van der Waals surface area contributed by atoms with E-state index in [0.29, 0.717) is 29.1 Å². The molecule has 0 aliphatic rings. The topological polar surface area (TPSA) is 88.8 Å². The maximum atomic E-state index is 12.3. The molecule has 0 bridgehead atoms. The lowest BCUT2D eigenvalue weighted by atomic mass is 10.1. The number of benzene rings is 1. The van der Waals surface area contributed by atoms with Crippen LogP contribution in [-0.2, 0) is 11.2 Å². The standard InChI is InChI=1S/C17H18BrNO5/c1-2-9-23-13-5-3-11(4-8-16(20)21)10-12(13)19-17(22)14-6-7-15(18)24-14/h3,5-7,10H,2,4,8-9H2,1H3,(H,19,22)(H,20,21). The summed E-state index contributed by atoms with van der Waals surface area (Å²) in [5.41, 5.74) is 1.29. The lowest BCUT2D eigenvalue weighted by Crippen LogP contribution is -2.12. The van der Waals surface area contributed by atoms with Crippen LogP contribution in [0.2, 0.25) is 0 Å². The van der Waals surface area contributed by atoms with Crippen molar-refractivity contribution in [3.8, 4) is 5.75 Å². The van der Waals surface area contributed by atoms with Gasteiger partial charge in [-0.25, -0.2) is 0 Å². The van der Waals surface area contributed by atoms with Gasteiger partial charge in [0, 0.05) is 6.42 Å². The van der Waals surface area contributed by atoms with E-state index in [2.05, 4.69) is 21.2 Å². The van der Waals surface area contributed by atoms with E-state index in [1.54, 1.807) is 30.3 Å². The predicted octanol–water partition coefficient (Wildman–Crippen LogP) is 4.10. The molecule has 128 valence electrons. The molecular formula is C17H18BrNO5. The number of anilines is 1. The summed E-state index contributed by atoms with van der Waals surface area (Å²) in [6.07, 6.45) is 1.23. The summed E-state index contributed by atoms with van der Waals surface area (Å²) in [7, 11) is 0. The summed E-state index contributed by atoms with van der Waals surface area (Å²) in [4.78, 5) is 23.0. The van der Waals surface area contributed by atoms with Crippen LogP contribution in [0.15, 0.2) is 39.4 Å². The van der Waals surface area contributed by atoms with Gasteiger partial charge in [0.2, 0.25) is 0 Å². The van der Waals surface area contributed by atoms with Gasteiger partial charge in [-0.05, 0) is 58.6 Å². The first-order valence-corrected chi connectivity index (χ1v) is 8.33. The molecule has 2 N–H and O–H groups in total. The van der Waals surface area contributed by atoms with Crippen LogP contribution < -0.4 is 10.1 Å². The number of furan rings is 1. The van der Waals surface area contributed by atoms with Crippen LogP contribution in [0.1, 0.15) is 35.9 Å². The predicted molar refractivity (Wildman–Crippen MR) is 92.5 cm³/mol. The molecule has 7 heteroatoms. The Balaban J connectivity index is 2.20. The number of amides is 1. The molecule has 2 rings (SSSR count). The largest absolute Gasteiger partial charge is 0.491 e. The number of aryl methyl sites for hydroxylation is 1. The quantitative estimate of drug-likeness (QED) is 0.702. The van der Waals surface area contributed by atoms with Gasteiger partial charge in [-0.2, -0.15) is 0 Å². The molecule has 0 aliphatic heterocycles. The number of halogens is 1. The molecule has 2 aromatic rings. The lowest BCUT2D eigenvalue weighted by molar-refractivity contribution is -0.136. The van der Waals surface area contributed by atoms with E-state index in [0.717, 1.165) is 12.0 Å². The summed E-state index contributed by atoms with van der Waals surface area (Å²) in [5, 5.41) is 11.6. The second-order valence-electron chi connectivity index (χ2n) is 5.13. The van der Waals surface area contributed by atoms with E-state index in [1.807, 2.05) is 6.92 Å². The van der Waals surface area contributed by atoms with E-state index < -0.39 is 11.9 Å². The molecule has 0 aliphatic carbocycles. The monoisotopic (exact) mass is 395 g/mol. The first-order chi connectivity index (χ1) is 11.5. The number of carbonyl (C=O) groups is 2. The van der Waals surface area contributed by atoms with Crippen molar-refractivity contribution >= 4 is 33.5 Å². The zero-order valence-corrected chi connectivity index (χ0v) is 14.8. The van der Waals surface area contributed by atoms with Gasteiger partial charge in [-0.3, -0.25) is 9.59 Å². The Labute approximate surface area is 147 Å². The number of carboxylic acid groups (broad SMARTS) is 1. The van der Waals surface area contributed by atoms with Gasteiger partial charge in [-0.15, -0.1) is 0 Å². The van der Waals surface area contributed by atoms with Crippen molar-refractivity contribution in [1.82, 2.24) is 0 Å². The Morgan fingerprint density at radius 3 is 2.71 bits per heavy atom. The van der Waals surface area contributed by atoms with Gasteiger partial charge < -0.3 is 19.6 Å². The third-order valence-corrected chi connectivity index (χ3v) is 3.60. The lowest BCUT2D eigenvalue weighted by Gasteiger charge is -2.13. The fourth-order valence-corrected chi connectivity index (χ4v) is 2.35. The van der Waals surface area contributed by atoms with Crippen molar-refractivity contribution in [1.29, 1.82) is 0 Å². The molecule has 0 radical (unpaired) electrons. The SMILES string of the molecule is CCCOc1ccc(CCC(=O)O)cc1NC(=O)c1ccc(Br)o1. The maximum Gasteiger partial charge on any atom is 0.303 e. The van der Waals surface area contributed by atoms with Crippen LogP contribution in [-0.4, -0.2) is 23.6 Å². The summed E-state index contributed by atoms with van der Waals surface area (Å²) in [5.74, 6) is -0.570. The van der Waals surface area contributed by atoms with Crippen LogP contribution in [0.4, 0.5) is 5.69 Å². The summed E-state index contributed by atoms with van der Waals surface area (Å²) < 4.78 is 11.3. The number of aliphatic carboxylic acids is 1. The van der Waals surface area contributed by atoms with Crippen molar-refractivity contribution in [3.05, 3.63) is 46.3 Å². The Bertz CT molecular complexity index is 726. The third-order valence-electron chi connectivity index (χ3n) is 3.18. The van der Waals surface area contributed by atoms with Crippen molar-refractivity contribution in [2.75, 3.05) is 11.9 Å². The first-order valence-electron chi connectivity index (χ1n) is 7.53. The number of carboxylic acids is 1. The zero-order chi connectivity index (χ0) is 17.5. The normalized spacial score (nSPS) is 10.4. The molecule has 6 nitrogen and oxygen atoms in total. The molecule has 0 fully saturated rings. The van der Waals surface area contributed by atoms with Crippen molar-refractivity contribution in [2.45, 2.75) is 26.2 Å². The highest BCUT2D eigenvalue weighted by Crippen LogP contribution is 2.28. The number of ether oxygens (including phenoxy) is 1. The molecule has 1 aromatic carbocycles. The van der Waals surface area contributed by atoms with E-state index in [1.165, 1.54) is 0 Å². The second kappa shape index (κ2) is 8.54. The molecule has 0 unspecified atom stereocenters. The summed E-state index contributed by atoms with van der Waals surface area (Å²) in [6, 6.07) is 8.45. The van der Waals surface area contributed by atoms with E-state index in [4.69, 9.17) is 14.3 Å². The minimum atomic E-state index is -0.868. The van der Waals surface area contributed by atoms with Gasteiger partial charge in [0.25, 0.3) is 5.91 Å². The number of carbonyl (C=O) groups excluding carboxylic acids is 1. The highest BCUT2D eigenvalue weighted by molar-refractivity contribution is 9.10. The minimum Gasteiger partial charge on any atom is -0.491 e. The van der Waals surface area contributed by atoms with Gasteiger partial charge in [-0.1, -0.05) is 13.0 Å². The summed E-state index contributed by atoms with van der Waals surface area (Å²) in [6.45, 7) is 2.50. The smallest absolute Gasteiger partial charge is 0.303 e. The van der Waals surface area contributed by atoms with E-state index in [9.17, 15) is 9.59 Å². The Morgan fingerprint density at radius 2 is 2.08 bits per heavy atom. The van der Waals surface area contributed by atoms with E-state index >= 15 is 0 Å². The number of hydrogen-bond acceptors (Lipinski definition) is 4. The third kappa shape index (κ3) is 5.13. The van der Waals surface area contributed by atoms with Crippen LogP contribution >= 0.6 is 15.9 Å². The van der Waals surface area contributed by atoms with Crippen LogP contribution in [0, 0.1) is 0 Å². The van der Waals surface area contributed by atoms with Crippen molar-refractivity contribution < 1.29 is 23.8 Å². The average molecular weight is 396 g/mol. The highest BCUT2D eigenvalue weighted by Gasteiger charge is 2.14. The molecule has 0 saturated heterocycles. The molecule has 1 heterocycles. The maximum absolute atomic E-state index is 12.3. The van der Waals surface area contributed by atoms with E-state index in [-0.39, 0.29) is 12.2 Å². The van der Waals surface area contributed by atoms with Crippen LogP contribution in [0.25, 0.3) is 0 Å².